The Kier molecular flexibility index (Phi) is 5.54. The summed E-state index contributed by atoms with van der Waals surface area (Å²) >= 11 is 0. The summed E-state index contributed by atoms with van der Waals surface area (Å²) in [5.41, 5.74) is 6.21. The third kappa shape index (κ3) is 3.95. The smallest absolute Gasteiger partial charge is 0.155 e. The highest BCUT2D eigenvalue weighted by Gasteiger charge is 2.27. The van der Waals surface area contributed by atoms with Crippen molar-refractivity contribution in [3.8, 4) is 22.6 Å². The molecule has 0 saturated heterocycles. The number of rotatable bonds is 5. The Labute approximate surface area is 192 Å². The van der Waals surface area contributed by atoms with Gasteiger partial charge in [-0.3, -0.25) is 0 Å². The van der Waals surface area contributed by atoms with Crippen LogP contribution in [-0.2, 0) is 6.42 Å². The van der Waals surface area contributed by atoms with E-state index in [0.29, 0.717) is 0 Å². The van der Waals surface area contributed by atoms with Gasteiger partial charge in [-0.2, -0.15) is 5.10 Å². The van der Waals surface area contributed by atoms with E-state index in [1.165, 1.54) is 17.7 Å². The molecule has 5 rings (SSSR count). The molecule has 33 heavy (non-hydrogen) atoms. The van der Waals surface area contributed by atoms with E-state index in [9.17, 15) is 4.39 Å². The number of halogens is 1. The van der Waals surface area contributed by atoms with Crippen LogP contribution in [0.5, 0.6) is 5.75 Å². The fraction of sp³-hybridized carbons (Fsp3) is 0.269. The van der Waals surface area contributed by atoms with Gasteiger partial charge in [0.15, 0.2) is 5.82 Å². The summed E-state index contributed by atoms with van der Waals surface area (Å²) in [5, 5.41) is 8.87. The molecule has 1 unspecified atom stereocenters. The van der Waals surface area contributed by atoms with Crippen molar-refractivity contribution in [2.24, 2.45) is 0 Å². The highest BCUT2D eigenvalue weighted by atomic mass is 19.1. The fourth-order valence-corrected chi connectivity index (χ4v) is 4.57. The van der Waals surface area contributed by atoms with E-state index in [1.54, 1.807) is 13.4 Å². The topological polar surface area (TPSA) is 56.1 Å². The summed E-state index contributed by atoms with van der Waals surface area (Å²) in [6, 6.07) is 12.9. The first-order chi connectivity index (χ1) is 16.0. The molecule has 0 N–H and O–H groups in total. The number of methoxy groups -OCH3 is 1. The monoisotopic (exact) mass is 443 g/mol. The molecule has 0 fully saturated rings. The predicted octanol–water partition coefficient (Wildman–Crippen LogP) is 5.30. The number of anilines is 1. The van der Waals surface area contributed by atoms with Crippen LogP contribution in [0.1, 0.15) is 36.2 Å². The van der Waals surface area contributed by atoms with E-state index in [-0.39, 0.29) is 11.9 Å². The van der Waals surface area contributed by atoms with Crippen LogP contribution in [-0.4, -0.2) is 33.4 Å². The van der Waals surface area contributed by atoms with Crippen LogP contribution in [0.3, 0.4) is 0 Å². The Hall–Kier alpha value is -3.74. The number of hydrogen-bond acceptors (Lipinski definition) is 5. The largest absolute Gasteiger partial charge is 0.495 e. The van der Waals surface area contributed by atoms with E-state index in [0.717, 1.165) is 59.0 Å². The Morgan fingerprint density at radius 2 is 1.94 bits per heavy atom. The van der Waals surface area contributed by atoms with E-state index in [1.807, 2.05) is 48.1 Å². The first kappa shape index (κ1) is 21.1. The highest BCUT2D eigenvalue weighted by molar-refractivity contribution is 5.75. The molecule has 0 saturated carbocycles. The number of benzene rings is 2. The average molecular weight is 444 g/mol. The number of aromatic nitrogens is 4. The highest BCUT2D eigenvalue weighted by Crippen LogP contribution is 2.38. The average Bonchev–Trinajstić information content (AvgIpc) is 3.29. The predicted molar refractivity (Wildman–Crippen MR) is 126 cm³/mol. The van der Waals surface area contributed by atoms with Gasteiger partial charge < -0.3 is 14.2 Å². The molecule has 4 aromatic rings. The van der Waals surface area contributed by atoms with Gasteiger partial charge in [0.2, 0.25) is 0 Å². The SMILES string of the molecule is COc1cc(-c2cnnc3c2CCCN3C(C)c2ccc(F)cc2)ccc1-n1cnc(C)c1. The third-order valence-electron chi connectivity index (χ3n) is 6.33. The van der Waals surface area contributed by atoms with Crippen LogP contribution >= 0.6 is 0 Å². The molecule has 0 bridgehead atoms. The summed E-state index contributed by atoms with van der Waals surface area (Å²) in [4.78, 5) is 6.59. The zero-order chi connectivity index (χ0) is 22.9. The van der Waals surface area contributed by atoms with Crippen molar-refractivity contribution < 1.29 is 9.13 Å². The lowest BCUT2D eigenvalue weighted by molar-refractivity contribution is 0.413. The zero-order valence-electron chi connectivity index (χ0n) is 19.0. The van der Waals surface area contributed by atoms with Gasteiger partial charge in [0.25, 0.3) is 0 Å². The molecule has 168 valence electrons. The van der Waals surface area contributed by atoms with Gasteiger partial charge in [-0.1, -0.05) is 18.2 Å². The standard InChI is InChI=1S/C26H26FN5O/c1-17-15-31(16-28-17)24-11-8-20(13-25(24)33-3)23-14-29-30-26-22(23)5-4-12-32(26)18(2)19-6-9-21(27)10-7-19/h6-11,13-16,18H,4-5,12H2,1-3H3. The molecule has 0 radical (unpaired) electrons. The van der Waals surface area contributed by atoms with Gasteiger partial charge in [-0.25, -0.2) is 9.37 Å². The minimum absolute atomic E-state index is 0.0654. The summed E-state index contributed by atoms with van der Waals surface area (Å²) < 4.78 is 21.1. The molecule has 1 aliphatic heterocycles. The molecule has 0 amide bonds. The van der Waals surface area contributed by atoms with Crippen molar-refractivity contribution in [2.45, 2.75) is 32.7 Å². The van der Waals surface area contributed by atoms with Crippen LogP contribution in [0.25, 0.3) is 16.8 Å². The molecular weight excluding hydrogens is 417 g/mol. The van der Waals surface area contributed by atoms with Crippen LogP contribution in [0.4, 0.5) is 10.2 Å². The van der Waals surface area contributed by atoms with Crippen LogP contribution in [0, 0.1) is 12.7 Å². The lowest BCUT2D eigenvalue weighted by Gasteiger charge is -2.35. The first-order valence-corrected chi connectivity index (χ1v) is 11.1. The number of hydrogen-bond donors (Lipinski definition) is 0. The molecule has 0 spiro atoms. The second-order valence-corrected chi connectivity index (χ2v) is 8.39. The maximum absolute atomic E-state index is 13.4. The van der Waals surface area contributed by atoms with E-state index >= 15 is 0 Å². The van der Waals surface area contributed by atoms with Gasteiger partial charge in [0, 0.05) is 23.9 Å². The maximum Gasteiger partial charge on any atom is 0.155 e. The van der Waals surface area contributed by atoms with Crippen LogP contribution in [0.2, 0.25) is 0 Å². The minimum atomic E-state index is -0.227. The summed E-state index contributed by atoms with van der Waals surface area (Å²) in [5.74, 6) is 1.43. The number of ether oxygens (including phenoxy) is 1. The van der Waals surface area contributed by atoms with E-state index in [2.05, 4.69) is 33.1 Å². The molecule has 1 atom stereocenters. The normalized spacial score (nSPS) is 14.1. The second kappa shape index (κ2) is 8.65. The van der Waals surface area contributed by atoms with Gasteiger partial charge in [0.1, 0.15) is 11.6 Å². The van der Waals surface area contributed by atoms with Crippen molar-refractivity contribution in [1.29, 1.82) is 0 Å². The Morgan fingerprint density at radius 1 is 1.12 bits per heavy atom. The first-order valence-electron chi connectivity index (χ1n) is 11.1. The Balaban J connectivity index is 1.53. The van der Waals surface area contributed by atoms with Gasteiger partial charge in [0.05, 0.1) is 37.1 Å². The molecule has 1 aliphatic rings. The molecule has 2 aromatic heterocycles. The lowest BCUT2D eigenvalue weighted by Crippen LogP contribution is -2.33. The Bertz CT molecular complexity index is 1280. The third-order valence-corrected chi connectivity index (χ3v) is 6.33. The number of fused-ring (bicyclic) bond motifs is 1. The quantitative estimate of drug-likeness (QED) is 0.419. The van der Waals surface area contributed by atoms with Gasteiger partial charge >= 0.3 is 0 Å². The van der Waals surface area contributed by atoms with E-state index < -0.39 is 0 Å². The second-order valence-electron chi connectivity index (χ2n) is 8.39. The van der Waals surface area contributed by atoms with Crippen LogP contribution < -0.4 is 9.64 Å². The fourth-order valence-electron chi connectivity index (χ4n) is 4.57. The van der Waals surface area contributed by atoms with E-state index in [4.69, 9.17) is 4.74 Å². The molecule has 3 heterocycles. The molecule has 6 nitrogen and oxygen atoms in total. The number of nitrogens with zero attached hydrogens (tertiary/aromatic N) is 5. The molecule has 7 heteroatoms. The van der Waals surface area contributed by atoms with Crippen LogP contribution in [0.15, 0.2) is 61.2 Å². The van der Waals surface area contributed by atoms with Crippen molar-refractivity contribution in [2.75, 3.05) is 18.6 Å². The van der Waals surface area contributed by atoms with Crippen molar-refractivity contribution in [1.82, 2.24) is 19.7 Å². The molecular formula is C26H26FN5O. The summed E-state index contributed by atoms with van der Waals surface area (Å²) in [6.45, 7) is 4.97. The van der Waals surface area contributed by atoms with Gasteiger partial charge in [-0.05, 0) is 62.1 Å². The van der Waals surface area contributed by atoms with Gasteiger partial charge in [-0.15, -0.1) is 5.10 Å². The summed E-state index contributed by atoms with van der Waals surface area (Å²) in [7, 11) is 1.68. The van der Waals surface area contributed by atoms with Crippen molar-refractivity contribution in [3.05, 3.63) is 83.8 Å². The molecule has 2 aromatic carbocycles. The van der Waals surface area contributed by atoms with Crippen molar-refractivity contribution >= 4 is 5.82 Å². The number of aryl methyl sites for hydroxylation is 1. The molecule has 0 aliphatic carbocycles. The Morgan fingerprint density at radius 3 is 2.67 bits per heavy atom. The minimum Gasteiger partial charge on any atom is -0.495 e. The maximum atomic E-state index is 13.4. The van der Waals surface area contributed by atoms with Crippen molar-refractivity contribution in [3.63, 3.8) is 0 Å². The zero-order valence-corrected chi connectivity index (χ0v) is 19.0. The number of imidazole rings is 1. The summed E-state index contributed by atoms with van der Waals surface area (Å²) in [6.07, 6.45) is 7.54. The lowest BCUT2D eigenvalue weighted by atomic mass is 9.94.